The molecule has 3 saturated carbocycles. The molecule has 0 unspecified atom stereocenters. The van der Waals surface area contributed by atoms with E-state index in [1.165, 1.54) is 96.3 Å². The van der Waals surface area contributed by atoms with Gasteiger partial charge >= 0.3 is 201 Å². The molecule has 246 valence electrons. The molecule has 7 heteroatoms. The minimum atomic E-state index is -1.31. The Bertz CT molecular complexity index is 1240. The molecule has 0 saturated heterocycles. The number of unbranched alkanes of at least 4 members (excludes halogenated alkanes) is 7. The Hall–Kier alpha value is -1.94. The molecule has 1 heterocycles. The van der Waals surface area contributed by atoms with E-state index < -0.39 is 12.8 Å². The number of H-pyrrole nitrogens is 2. The predicted octanol–water partition coefficient (Wildman–Crippen LogP) is 9.41. The van der Waals surface area contributed by atoms with Crippen molar-refractivity contribution in [2.45, 2.75) is 171 Å². The molecule has 3 fully saturated rings. The van der Waals surface area contributed by atoms with Gasteiger partial charge in [-0.3, -0.25) is 19.8 Å². The Morgan fingerprint density at radius 2 is 1.11 bits per heavy atom. The van der Waals surface area contributed by atoms with E-state index >= 15 is 0 Å². The zero-order valence-electron chi connectivity index (χ0n) is 27.4. The van der Waals surface area contributed by atoms with Crippen LogP contribution in [0.4, 0.5) is 5.69 Å². The van der Waals surface area contributed by atoms with E-state index in [1.54, 1.807) is 62.9 Å². The van der Waals surface area contributed by atoms with Gasteiger partial charge in [-0.05, 0) is 12.1 Å². The second-order valence-electron chi connectivity index (χ2n) is 14.6. The Labute approximate surface area is 265 Å². The van der Waals surface area contributed by atoms with Crippen molar-refractivity contribution in [2.24, 2.45) is 0 Å². The van der Waals surface area contributed by atoms with Crippen molar-refractivity contribution < 1.29 is 4.79 Å². The molecule has 0 spiro atoms. The minimum absolute atomic E-state index is 0.0984. The van der Waals surface area contributed by atoms with Gasteiger partial charge in [-0.25, -0.2) is 0 Å². The van der Waals surface area contributed by atoms with Crippen LogP contribution in [0.25, 0.3) is 10.8 Å². The molecule has 1 aromatic heterocycles. The van der Waals surface area contributed by atoms with E-state index in [0.29, 0.717) is 12.1 Å². The predicted molar refractivity (Wildman–Crippen MR) is 189 cm³/mol. The van der Waals surface area contributed by atoms with Crippen molar-refractivity contribution in [3.63, 3.8) is 0 Å². The normalized spacial score (nSPS) is 19.7. The van der Waals surface area contributed by atoms with Crippen molar-refractivity contribution >= 4 is 29.6 Å². The number of anilines is 1. The third-order valence-corrected chi connectivity index (χ3v) is 19.5. The zero-order valence-corrected chi connectivity index (χ0v) is 28.4. The van der Waals surface area contributed by atoms with Crippen molar-refractivity contribution in [1.29, 1.82) is 0 Å². The number of aromatic amines is 2. The van der Waals surface area contributed by atoms with Crippen LogP contribution in [-0.2, 0) is 4.79 Å². The summed E-state index contributed by atoms with van der Waals surface area (Å²) < 4.78 is 0. The van der Waals surface area contributed by atoms with Gasteiger partial charge in [0.2, 0.25) is 0 Å². The second-order valence-corrected chi connectivity index (χ2v) is 19.8. The second kappa shape index (κ2) is 17.1. The Kier molecular flexibility index (Phi) is 13.0. The van der Waals surface area contributed by atoms with E-state index in [-0.39, 0.29) is 22.2 Å². The van der Waals surface area contributed by atoms with Gasteiger partial charge < -0.3 is 0 Å². The van der Waals surface area contributed by atoms with Crippen LogP contribution in [0.5, 0.6) is 0 Å². The first-order chi connectivity index (χ1) is 21.6. The summed E-state index contributed by atoms with van der Waals surface area (Å²) in [6.07, 6.45) is 35.2. The molecule has 0 atom stereocenters. The van der Waals surface area contributed by atoms with Gasteiger partial charge in [0.15, 0.2) is 0 Å². The number of amides is 1. The van der Waals surface area contributed by atoms with E-state index in [2.05, 4.69) is 15.5 Å². The average Bonchev–Trinajstić information content (AvgIpc) is 3.07. The third-order valence-electron chi connectivity index (χ3n) is 12.0. The van der Waals surface area contributed by atoms with Gasteiger partial charge in [0, 0.05) is 0 Å². The van der Waals surface area contributed by atoms with Crippen molar-refractivity contribution in [2.75, 3.05) is 11.5 Å². The fourth-order valence-corrected chi connectivity index (χ4v) is 18.4. The van der Waals surface area contributed by atoms with Crippen molar-refractivity contribution in [3.05, 3.63) is 38.9 Å². The monoisotopic (exact) mass is 625 g/mol. The summed E-state index contributed by atoms with van der Waals surface area (Å²) in [5.41, 5.74) is 3.06. The van der Waals surface area contributed by atoms with Gasteiger partial charge in [0.1, 0.15) is 0 Å². The first-order valence-corrected chi connectivity index (χ1v) is 21.1. The summed E-state index contributed by atoms with van der Waals surface area (Å²) in [5, 5.41) is 8.06. The third kappa shape index (κ3) is 8.45. The van der Waals surface area contributed by atoms with E-state index in [0.717, 1.165) is 29.8 Å². The maximum atomic E-state index is 12.6. The molecule has 2 aromatic rings. The minimum Gasteiger partial charge on any atom is -0.267 e. The molecular formula is C37H60N3O3P. The molecule has 5 rings (SSSR count). The maximum absolute atomic E-state index is 12.6. The molecule has 1 aromatic carbocycles. The number of rotatable bonds is 15. The summed E-state index contributed by atoms with van der Waals surface area (Å²) in [6, 6.07) is 4.97. The Morgan fingerprint density at radius 1 is 0.636 bits per heavy atom. The van der Waals surface area contributed by atoms with Gasteiger partial charge in [0.25, 0.3) is 11.1 Å². The van der Waals surface area contributed by atoms with Gasteiger partial charge in [-0.1, -0.05) is 6.07 Å². The summed E-state index contributed by atoms with van der Waals surface area (Å²) in [7, 11) is -1.31. The van der Waals surface area contributed by atoms with Crippen LogP contribution in [0.3, 0.4) is 0 Å². The fourth-order valence-electron chi connectivity index (χ4n) is 9.86. The van der Waals surface area contributed by atoms with Gasteiger partial charge in [-0.15, -0.1) is 0 Å². The molecule has 3 aliphatic carbocycles. The SMILES string of the molecule is O=C(CCCCCCCCCC[PH](C1CCCCC1)(C1CCCCC1)C1CCCCC1)Nc1cccc2c(=O)[nH][nH]c(=O)c12. The summed E-state index contributed by atoms with van der Waals surface area (Å²) in [6.45, 7) is 0. The van der Waals surface area contributed by atoms with Crippen LogP contribution in [0, 0.1) is 0 Å². The van der Waals surface area contributed by atoms with Gasteiger partial charge in [-0.2, -0.15) is 0 Å². The number of hydrogen-bond acceptors (Lipinski definition) is 3. The molecule has 3 aliphatic rings. The number of aromatic nitrogens is 2. The quantitative estimate of drug-likeness (QED) is 0.136. The van der Waals surface area contributed by atoms with Crippen LogP contribution in [-0.4, -0.2) is 39.2 Å². The zero-order chi connectivity index (χ0) is 30.6. The van der Waals surface area contributed by atoms with E-state index in [9.17, 15) is 14.4 Å². The van der Waals surface area contributed by atoms with Crippen LogP contribution in [0.15, 0.2) is 27.8 Å². The number of nitrogens with one attached hydrogen (secondary N) is 3. The molecule has 6 nitrogen and oxygen atoms in total. The fraction of sp³-hybridized carbons (Fsp3) is 0.757. The van der Waals surface area contributed by atoms with E-state index in [1.807, 2.05) is 0 Å². The molecule has 3 N–H and O–H groups in total. The molecule has 0 bridgehead atoms. The molecular weight excluding hydrogens is 565 g/mol. The number of hydrogen-bond donors (Lipinski definition) is 3. The smallest absolute Gasteiger partial charge is 0.267 e. The number of carbonyl (C=O) groups excluding carboxylic acids is 1. The first kappa shape index (κ1) is 33.4. The van der Waals surface area contributed by atoms with Crippen LogP contribution in [0.2, 0.25) is 0 Å². The van der Waals surface area contributed by atoms with E-state index in [4.69, 9.17) is 0 Å². The van der Waals surface area contributed by atoms with Crippen molar-refractivity contribution in [3.8, 4) is 0 Å². The van der Waals surface area contributed by atoms with Crippen LogP contribution >= 0.6 is 7.26 Å². The summed E-state index contributed by atoms with van der Waals surface area (Å²) in [4.78, 5) is 36.9. The molecule has 1 amide bonds. The summed E-state index contributed by atoms with van der Waals surface area (Å²) >= 11 is 0. The topological polar surface area (TPSA) is 94.8 Å². The summed E-state index contributed by atoms with van der Waals surface area (Å²) in [5.74, 6) is -0.0984. The average molecular weight is 626 g/mol. The van der Waals surface area contributed by atoms with Crippen LogP contribution in [0.1, 0.15) is 154 Å². The molecule has 0 aliphatic heterocycles. The van der Waals surface area contributed by atoms with Gasteiger partial charge in [0.05, 0.1) is 16.5 Å². The molecule has 0 radical (unpaired) electrons. The Balaban J connectivity index is 1.03. The van der Waals surface area contributed by atoms with Crippen LogP contribution < -0.4 is 16.4 Å². The number of benzene rings is 1. The molecule has 44 heavy (non-hydrogen) atoms. The first-order valence-electron chi connectivity index (χ1n) is 18.6. The standard InChI is InChI=1S/C37H60N3O3P/c41-34(38-33-26-18-25-32-35(33)37(43)40-39-36(32)42)27-16-5-3-1-2-4-6-17-28-44(29-19-10-7-11-20-29,30-21-12-8-13-22-30)31-23-14-9-15-24-31/h18,25-26,29-31,44H,1-17,19-24,27-28H2,(H,38,41)(H,39,42)(H,40,43). The Morgan fingerprint density at radius 3 is 1.66 bits per heavy atom. The number of carbonyl (C=O) groups is 1. The van der Waals surface area contributed by atoms with Crippen molar-refractivity contribution in [1.82, 2.24) is 10.2 Å². The number of fused-ring (bicyclic) bond motifs is 1.